The van der Waals surface area contributed by atoms with Crippen molar-refractivity contribution in [3.8, 4) is 5.75 Å². The number of halogens is 1. The van der Waals surface area contributed by atoms with Gasteiger partial charge >= 0.3 is 0 Å². The van der Waals surface area contributed by atoms with Gasteiger partial charge in [0, 0.05) is 17.7 Å². The number of carbonyl (C=O) groups excluding carboxylic acids is 1. The molecule has 41 heavy (non-hydrogen) atoms. The van der Waals surface area contributed by atoms with Gasteiger partial charge in [-0.15, -0.1) is 0 Å². The lowest BCUT2D eigenvalue weighted by Crippen LogP contribution is -2.31. The highest BCUT2D eigenvalue weighted by Gasteiger charge is 2.16. The molecule has 0 aliphatic rings. The van der Waals surface area contributed by atoms with E-state index in [1.54, 1.807) is 22.3 Å². The van der Waals surface area contributed by atoms with Gasteiger partial charge in [0.1, 0.15) is 0 Å². The largest absolute Gasteiger partial charge is 0.491 e. The van der Waals surface area contributed by atoms with Crippen LogP contribution in [-0.4, -0.2) is 12.5 Å². The molecule has 0 saturated carbocycles. The van der Waals surface area contributed by atoms with Crippen LogP contribution in [0.3, 0.4) is 0 Å². The van der Waals surface area contributed by atoms with E-state index in [9.17, 15) is 9.18 Å². The van der Waals surface area contributed by atoms with Crippen LogP contribution in [0.1, 0.15) is 113 Å². The van der Waals surface area contributed by atoms with E-state index in [0.29, 0.717) is 19.6 Å². The average Bonchev–Trinajstić information content (AvgIpc) is 3.39. The maximum atomic E-state index is 14.9. The zero-order valence-corrected chi connectivity index (χ0v) is 26.3. The van der Waals surface area contributed by atoms with Gasteiger partial charge in [0.2, 0.25) is 11.4 Å². The summed E-state index contributed by atoms with van der Waals surface area (Å²) in [7, 11) is 0. The number of benzene rings is 2. The van der Waals surface area contributed by atoms with Gasteiger partial charge < -0.3 is 9.64 Å². The second-order valence-corrected chi connectivity index (χ2v) is 12.2. The van der Waals surface area contributed by atoms with Crippen LogP contribution < -0.4 is 14.2 Å². The normalized spacial score (nSPS) is 11.1. The number of thiazole rings is 1. The first kappa shape index (κ1) is 32.8. The number of carbonyl (C=O) groups is 1. The molecule has 0 bridgehead atoms. The zero-order valence-electron chi connectivity index (χ0n) is 25.5. The van der Waals surface area contributed by atoms with E-state index in [0.717, 1.165) is 30.6 Å². The number of rotatable bonds is 20. The molecular weight excluding hydrogens is 531 g/mol. The molecule has 1 heterocycles. The Labute approximate surface area is 251 Å². The molecular formula is C35H50FN2O2S+. The molecule has 0 spiro atoms. The lowest BCUT2D eigenvalue weighted by atomic mass is 10.1. The van der Waals surface area contributed by atoms with Crippen LogP contribution in [0.5, 0.6) is 5.75 Å². The minimum absolute atomic E-state index is 0.00768. The molecule has 0 radical (unpaired) electrons. The Balaban J connectivity index is 1.40. The number of aromatic nitrogens is 1. The smallest absolute Gasteiger partial charge is 0.227 e. The van der Waals surface area contributed by atoms with Crippen LogP contribution in [-0.2, 0) is 17.9 Å². The summed E-state index contributed by atoms with van der Waals surface area (Å²) in [6.07, 6.45) is 18.0. The molecule has 4 nitrogen and oxygen atoms in total. The molecule has 3 aromatic rings. The van der Waals surface area contributed by atoms with Gasteiger partial charge in [-0.05, 0) is 43.2 Å². The highest BCUT2D eigenvalue weighted by molar-refractivity contribution is 7.09. The molecule has 0 saturated heterocycles. The number of amides is 1. The second kappa shape index (κ2) is 18.7. The van der Waals surface area contributed by atoms with Crippen LogP contribution in [0.4, 0.5) is 10.1 Å². The fourth-order valence-corrected chi connectivity index (χ4v) is 5.74. The minimum atomic E-state index is -0.372. The van der Waals surface area contributed by atoms with E-state index in [4.69, 9.17) is 4.74 Å². The van der Waals surface area contributed by atoms with E-state index in [2.05, 4.69) is 42.3 Å². The summed E-state index contributed by atoms with van der Waals surface area (Å²) in [5.41, 5.74) is 4.84. The summed E-state index contributed by atoms with van der Waals surface area (Å²) >= 11 is 1.72. The van der Waals surface area contributed by atoms with Crippen molar-refractivity contribution in [3.63, 3.8) is 0 Å². The van der Waals surface area contributed by atoms with Crippen molar-refractivity contribution in [2.75, 3.05) is 11.5 Å². The molecule has 2 aromatic carbocycles. The quantitative estimate of drug-likeness (QED) is 0.0983. The Kier molecular flexibility index (Phi) is 14.9. The maximum absolute atomic E-state index is 14.9. The molecule has 224 valence electrons. The summed E-state index contributed by atoms with van der Waals surface area (Å²) in [5, 5.41) is 0. The van der Waals surface area contributed by atoms with Gasteiger partial charge in [0.15, 0.2) is 24.3 Å². The molecule has 1 aromatic heterocycles. The Morgan fingerprint density at radius 2 is 1.46 bits per heavy atom. The third kappa shape index (κ3) is 12.0. The first-order chi connectivity index (χ1) is 20.0. The number of unbranched alkanes of at least 4 members (excludes halogenated alkanes) is 11. The standard InChI is InChI=1S/C35H50FN2O2S/c1-4-6-7-8-9-10-11-12-13-14-15-16-23-40-34-22-19-31(24-33(34)36)27-38(35(39)5-2)32-20-17-30(18-21-32)26-37-25-29(3)41-28-37/h17-22,24-25,28H,4-16,23,26-27H2,1-3H3/q+1. The van der Waals surface area contributed by atoms with Crippen molar-refractivity contribution >= 4 is 22.9 Å². The lowest BCUT2D eigenvalue weighted by molar-refractivity contribution is -0.683. The monoisotopic (exact) mass is 581 g/mol. The highest BCUT2D eigenvalue weighted by atomic mass is 32.1. The van der Waals surface area contributed by atoms with Gasteiger partial charge in [-0.1, -0.05) is 114 Å². The zero-order chi connectivity index (χ0) is 29.3. The van der Waals surface area contributed by atoms with Crippen LogP contribution in [0.2, 0.25) is 0 Å². The Morgan fingerprint density at radius 1 is 0.854 bits per heavy atom. The van der Waals surface area contributed by atoms with Crippen LogP contribution in [0.15, 0.2) is 54.2 Å². The van der Waals surface area contributed by atoms with Crippen LogP contribution in [0.25, 0.3) is 0 Å². The Hall–Kier alpha value is -2.73. The topological polar surface area (TPSA) is 33.4 Å². The van der Waals surface area contributed by atoms with E-state index in [-0.39, 0.29) is 17.5 Å². The lowest BCUT2D eigenvalue weighted by Gasteiger charge is -2.23. The van der Waals surface area contributed by atoms with Crippen molar-refractivity contribution < 1.29 is 18.5 Å². The number of aryl methyl sites for hydroxylation is 1. The predicted molar refractivity (Wildman–Crippen MR) is 169 cm³/mol. The van der Waals surface area contributed by atoms with Crippen molar-refractivity contribution in [1.82, 2.24) is 0 Å². The highest BCUT2D eigenvalue weighted by Crippen LogP contribution is 2.24. The van der Waals surface area contributed by atoms with Gasteiger partial charge in [-0.2, -0.15) is 4.57 Å². The summed E-state index contributed by atoms with van der Waals surface area (Å²) in [6.45, 7) is 7.85. The third-order valence-electron chi connectivity index (χ3n) is 7.53. The average molecular weight is 582 g/mol. The van der Waals surface area contributed by atoms with E-state index in [1.807, 2.05) is 25.1 Å². The molecule has 0 aliphatic heterocycles. The molecule has 1 amide bonds. The first-order valence-corrected chi connectivity index (χ1v) is 16.6. The second-order valence-electron chi connectivity index (χ2n) is 11.1. The molecule has 0 atom stereocenters. The summed E-state index contributed by atoms with van der Waals surface area (Å²) in [6, 6.07) is 13.1. The Bertz CT molecular complexity index is 1160. The molecule has 0 aliphatic carbocycles. The SMILES string of the molecule is CCCCCCCCCCCCCCOc1ccc(CN(C(=O)CC)c2ccc(C[n+]3csc(C)c3)cc2)cc1F. The van der Waals surface area contributed by atoms with Gasteiger partial charge in [-0.25, -0.2) is 4.39 Å². The van der Waals surface area contributed by atoms with E-state index >= 15 is 0 Å². The first-order valence-electron chi connectivity index (χ1n) is 15.7. The molecule has 0 N–H and O–H groups in total. The summed E-state index contributed by atoms with van der Waals surface area (Å²) in [5.74, 6) is -0.0761. The molecule has 0 unspecified atom stereocenters. The number of nitrogens with zero attached hydrogens (tertiary/aromatic N) is 2. The van der Waals surface area contributed by atoms with E-state index < -0.39 is 0 Å². The fourth-order valence-electron chi connectivity index (χ4n) is 5.10. The minimum Gasteiger partial charge on any atom is -0.491 e. The van der Waals surface area contributed by atoms with Gasteiger partial charge in [0.05, 0.1) is 18.0 Å². The maximum Gasteiger partial charge on any atom is 0.227 e. The van der Waals surface area contributed by atoms with Crippen molar-refractivity contribution in [2.24, 2.45) is 0 Å². The summed E-state index contributed by atoms with van der Waals surface area (Å²) in [4.78, 5) is 15.8. The van der Waals surface area contributed by atoms with Crippen LogP contribution in [0, 0.1) is 12.7 Å². The number of hydrogen-bond acceptors (Lipinski definition) is 3. The predicted octanol–water partition coefficient (Wildman–Crippen LogP) is 9.55. The molecule has 0 fully saturated rings. The van der Waals surface area contributed by atoms with Gasteiger partial charge in [0.25, 0.3) is 0 Å². The van der Waals surface area contributed by atoms with E-state index in [1.165, 1.54) is 80.7 Å². The van der Waals surface area contributed by atoms with Gasteiger partial charge in [-0.3, -0.25) is 4.79 Å². The Morgan fingerprint density at radius 3 is 2.02 bits per heavy atom. The fraction of sp³-hybridized carbons (Fsp3) is 0.543. The van der Waals surface area contributed by atoms with Crippen molar-refractivity contribution in [3.05, 3.63) is 76.0 Å². The van der Waals surface area contributed by atoms with Crippen molar-refractivity contribution in [1.29, 1.82) is 0 Å². The summed E-state index contributed by atoms with van der Waals surface area (Å²) < 4.78 is 22.8. The number of hydrogen-bond donors (Lipinski definition) is 0. The number of ether oxygens (including phenoxy) is 1. The van der Waals surface area contributed by atoms with Crippen molar-refractivity contribution in [2.45, 2.75) is 117 Å². The van der Waals surface area contributed by atoms with Crippen LogP contribution >= 0.6 is 11.3 Å². The third-order valence-corrected chi connectivity index (χ3v) is 8.38. The molecule has 6 heteroatoms. The number of anilines is 1. The molecule has 3 rings (SSSR count).